The van der Waals surface area contributed by atoms with Crippen LogP contribution in [0.25, 0.3) is 22.3 Å². The third kappa shape index (κ3) is 7.36. The van der Waals surface area contributed by atoms with Crippen LogP contribution < -0.4 is 0 Å². The van der Waals surface area contributed by atoms with E-state index < -0.39 is 11.9 Å². The molecule has 2 radical (unpaired) electrons. The minimum Gasteiger partial charge on any atom is -0.289 e. The Bertz CT molecular complexity index is 1170. The Balaban J connectivity index is 1.30. The third-order valence-electron chi connectivity index (χ3n) is 5.51. The molecule has 4 rings (SSSR count). The lowest BCUT2D eigenvalue weighted by Crippen LogP contribution is -2.16. The molecule has 0 aliphatic rings. The first-order valence-corrected chi connectivity index (χ1v) is 11.9. The van der Waals surface area contributed by atoms with E-state index in [0.717, 1.165) is 22.3 Å². The van der Waals surface area contributed by atoms with Crippen LogP contribution in [0.1, 0.15) is 40.0 Å². The molecular weight excluding hydrogens is 468 g/mol. The van der Waals surface area contributed by atoms with Crippen LogP contribution in [0.5, 0.6) is 0 Å². The number of carbonyl (C=O) groups excluding carboxylic acids is 2. The van der Waals surface area contributed by atoms with Crippen LogP contribution >= 0.6 is 0 Å². The molecule has 0 N–H and O–H groups in total. The van der Waals surface area contributed by atoms with Crippen LogP contribution in [0.3, 0.4) is 0 Å². The van der Waals surface area contributed by atoms with Crippen molar-refractivity contribution in [3.05, 3.63) is 134 Å². The lowest BCUT2D eigenvalue weighted by atomic mass is 10.0. The normalized spacial score (nSPS) is 10.8. The van der Waals surface area contributed by atoms with Crippen molar-refractivity contribution >= 4 is 11.9 Å². The van der Waals surface area contributed by atoms with Gasteiger partial charge in [0.1, 0.15) is 0 Å². The van der Waals surface area contributed by atoms with Gasteiger partial charge in [0.25, 0.3) is 0 Å². The van der Waals surface area contributed by atoms with Crippen molar-refractivity contribution in [1.29, 1.82) is 0 Å². The molecule has 0 bridgehead atoms. The molecule has 0 spiro atoms. The van der Waals surface area contributed by atoms with E-state index in [0.29, 0.717) is 24.0 Å². The van der Waals surface area contributed by atoms with Crippen LogP contribution in [0.4, 0.5) is 0 Å². The molecule has 0 saturated heterocycles. The number of benzene rings is 4. The first-order chi connectivity index (χ1) is 18.1. The van der Waals surface area contributed by atoms with Crippen LogP contribution in [-0.2, 0) is 19.6 Å². The quantitative estimate of drug-likeness (QED) is 0.160. The molecule has 0 heterocycles. The van der Waals surface area contributed by atoms with Crippen molar-refractivity contribution in [2.45, 2.75) is 19.3 Å². The van der Waals surface area contributed by atoms with Crippen LogP contribution in [0.2, 0.25) is 0 Å². The molecule has 0 saturated carbocycles. The fourth-order valence-corrected chi connectivity index (χ4v) is 3.49. The summed E-state index contributed by atoms with van der Waals surface area (Å²) in [6.45, 7) is 3.77. The summed E-state index contributed by atoms with van der Waals surface area (Å²) < 4.78 is 0. The molecule has 0 fully saturated rings. The highest BCUT2D eigenvalue weighted by molar-refractivity contribution is 5.90. The molecule has 6 heteroatoms. The van der Waals surface area contributed by atoms with E-state index in [9.17, 15) is 9.59 Å². The summed E-state index contributed by atoms with van der Waals surface area (Å²) in [5, 5.41) is 0. The lowest BCUT2D eigenvalue weighted by molar-refractivity contribution is -0.363. The van der Waals surface area contributed by atoms with Crippen molar-refractivity contribution in [1.82, 2.24) is 0 Å². The van der Waals surface area contributed by atoms with Gasteiger partial charge in [0.15, 0.2) is 0 Å². The van der Waals surface area contributed by atoms with Gasteiger partial charge in [0.05, 0.1) is 11.1 Å². The number of hydrogen-bond acceptors (Lipinski definition) is 6. The molecule has 0 amide bonds. The third-order valence-corrected chi connectivity index (χ3v) is 5.51. The van der Waals surface area contributed by atoms with E-state index in [1.54, 1.807) is 24.3 Å². The van der Waals surface area contributed by atoms with E-state index in [-0.39, 0.29) is 12.7 Å². The molecule has 0 aliphatic heterocycles. The van der Waals surface area contributed by atoms with Crippen molar-refractivity contribution in [2.75, 3.05) is 0 Å². The van der Waals surface area contributed by atoms with E-state index in [1.165, 1.54) is 0 Å². The van der Waals surface area contributed by atoms with Gasteiger partial charge in [-0.1, -0.05) is 98.3 Å². The number of rotatable bonds is 11. The molecule has 186 valence electrons. The average molecular weight is 495 g/mol. The van der Waals surface area contributed by atoms with Gasteiger partial charge < -0.3 is 0 Å². The average Bonchev–Trinajstić information content (AvgIpc) is 2.97. The standard InChI is InChI=1S/C31H26O6/c1-2-3-14-29(34-36-30(32)27-19-15-25(16-20-27)23-10-6-4-7-11-23)35-37-31(33)28-21-17-26(18-22-28)24-12-8-5-9-13-24/h4-13,15-22H,1-3,14H2. The van der Waals surface area contributed by atoms with Crippen molar-refractivity contribution < 1.29 is 29.1 Å². The summed E-state index contributed by atoms with van der Waals surface area (Å²) in [4.78, 5) is 44.9. The van der Waals surface area contributed by atoms with E-state index in [2.05, 4.69) is 6.92 Å². The van der Waals surface area contributed by atoms with Crippen molar-refractivity contribution in [3.63, 3.8) is 0 Å². The summed E-state index contributed by atoms with van der Waals surface area (Å²) in [7, 11) is 0. The molecule has 4 aromatic rings. The predicted molar refractivity (Wildman–Crippen MR) is 139 cm³/mol. The fraction of sp³-hybridized carbons (Fsp3) is 0.0968. The first kappa shape index (κ1) is 25.8. The predicted octanol–water partition coefficient (Wildman–Crippen LogP) is 7.39. The highest BCUT2D eigenvalue weighted by Gasteiger charge is 2.21. The number of unbranched alkanes of at least 4 members (excludes halogenated alkanes) is 1. The topological polar surface area (TPSA) is 71.1 Å². The smallest absolute Gasteiger partial charge is 0.289 e. The van der Waals surface area contributed by atoms with Gasteiger partial charge >= 0.3 is 18.2 Å². The Labute approximate surface area is 216 Å². The van der Waals surface area contributed by atoms with Crippen LogP contribution in [-0.4, -0.2) is 11.9 Å². The second kappa shape index (κ2) is 13.2. The summed E-state index contributed by atoms with van der Waals surface area (Å²) in [6, 6.07) is 33.4. The summed E-state index contributed by atoms with van der Waals surface area (Å²) >= 11 is 0. The highest BCUT2D eigenvalue weighted by atomic mass is 17.3. The second-order valence-corrected chi connectivity index (χ2v) is 8.12. The second-order valence-electron chi connectivity index (χ2n) is 8.12. The summed E-state index contributed by atoms with van der Waals surface area (Å²) in [6.07, 6.45) is 1.22. The molecule has 0 aliphatic carbocycles. The van der Waals surface area contributed by atoms with Crippen molar-refractivity contribution in [2.24, 2.45) is 0 Å². The van der Waals surface area contributed by atoms with E-state index in [1.807, 2.05) is 84.9 Å². The van der Waals surface area contributed by atoms with Gasteiger partial charge in [0, 0.05) is 6.42 Å². The largest absolute Gasteiger partial charge is 0.373 e. The fourth-order valence-electron chi connectivity index (χ4n) is 3.49. The van der Waals surface area contributed by atoms with Gasteiger partial charge in [-0.2, -0.15) is 0 Å². The molecule has 0 aromatic heterocycles. The molecular formula is C31H26O6. The minimum absolute atomic E-state index is 0.160. The Kier molecular flexibility index (Phi) is 9.18. The van der Waals surface area contributed by atoms with E-state index in [4.69, 9.17) is 19.6 Å². The maximum atomic E-state index is 12.4. The van der Waals surface area contributed by atoms with Gasteiger partial charge in [-0.05, 0) is 52.9 Å². The van der Waals surface area contributed by atoms with E-state index >= 15 is 0 Å². The van der Waals surface area contributed by atoms with Gasteiger partial charge in [0.2, 0.25) is 0 Å². The molecule has 6 nitrogen and oxygen atoms in total. The number of carbonyl (C=O) groups is 2. The Morgan fingerprint density at radius 3 is 1.27 bits per heavy atom. The highest BCUT2D eigenvalue weighted by Crippen LogP contribution is 2.22. The molecule has 37 heavy (non-hydrogen) atoms. The Morgan fingerprint density at radius 2 is 0.892 bits per heavy atom. The maximum absolute atomic E-state index is 12.4. The molecule has 0 unspecified atom stereocenters. The molecule has 4 aromatic carbocycles. The van der Waals surface area contributed by atoms with Crippen molar-refractivity contribution in [3.8, 4) is 22.3 Å². The summed E-state index contributed by atoms with van der Waals surface area (Å²) in [5.74, 6) is -1.42. The zero-order chi connectivity index (χ0) is 25.9. The Morgan fingerprint density at radius 1 is 0.514 bits per heavy atom. The van der Waals surface area contributed by atoms with Crippen LogP contribution in [0.15, 0.2) is 109 Å². The Hall–Kier alpha value is -4.26. The lowest BCUT2D eigenvalue weighted by Gasteiger charge is -2.13. The SMILES string of the molecule is [CH2]CCC[C](OOC(=O)c1ccc(-c2ccccc2)cc1)OOC(=O)c1ccc(-c2ccccc2)cc1. The minimum atomic E-state index is -0.710. The van der Waals surface area contributed by atoms with Gasteiger partial charge in [-0.15, -0.1) is 9.78 Å². The number of hydrogen-bond donors (Lipinski definition) is 0. The first-order valence-electron chi connectivity index (χ1n) is 11.9. The van der Waals surface area contributed by atoms with Crippen LogP contribution in [0, 0.1) is 13.2 Å². The maximum Gasteiger partial charge on any atom is 0.373 e. The molecule has 0 atom stereocenters. The van der Waals surface area contributed by atoms with Gasteiger partial charge in [-0.25, -0.2) is 9.59 Å². The van der Waals surface area contributed by atoms with Gasteiger partial charge in [-0.3, -0.25) is 9.78 Å². The zero-order valence-electron chi connectivity index (χ0n) is 20.2. The monoisotopic (exact) mass is 494 g/mol. The zero-order valence-corrected chi connectivity index (χ0v) is 20.2. The summed E-state index contributed by atoms with van der Waals surface area (Å²) in [5.41, 5.74) is 4.60.